The number of rotatable bonds is 5. The van der Waals surface area contributed by atoms with Crippen molar-refractivity contribution in [1.82, 2.24) is 5.32 Å². The van der Waals surface area contributed by atoms with Gasteiger partial charge in [0.15, 0.2) is 5.78 Å². The van der Waals surface area contributed by atoms with E-state index in [2.05, 4.69) is 5.32 Å². The Kier molecular flexibility index (Phi) is 5.59. The molecule has 0 unspecified atom stereocenters. The van der Waals surface area contributed by atoms with Crippen LogP contribution in [0.25, 0.3) is 6.08 Å². The lowest BCUT2D eigenvalue weighted by Crippen LogP contribution is -2.20. The number of carbonyl (C=O) groups is 2. The van der Waals surface area contributed by atoms with Crippen LogP contribution in [-0.4, -0.2) is 18.2 Å². The van der Waals surface area contributed by atoms with Gasteiger partial charge in [0.2, 0.25) is 5.91 Å². The SMILES string of the molecule is CC(=O)NCCC=Cc1ccc(Cl)c(C(C)=O)c1. The summed E-state index contributed by atoms with van der Waals surface area (Å²) in [5, 5.41) is 3.18. The van der Waals surface area contributed by atoms with Crippen molar-refractivity contribution >= 4 is 29.4 Å². The molecule has 0 heterocycles. The van der Waals surface area contributed by atoms with Crippen LogP contribution in [0.15, 0.2) is 24.3 Å². The molecule has 0 atom stereocenters. The van der Waals surface area contributed by atoms with E-state index in [1.807, 2.05) is 18.2 Å². The molecule has 1 N–H and O–H groups in total. The van der Waals surface area contributed by atoms with Crippen LogP contribution in [-0.2, 0) is 4.79 Å². The van der Waals surface area contributed by atoms with Crippen LogP contribution in [0.5, 0.6) is 0 Å². The first-order valence-corrected chi connectivity index (χ1v) is 6.10. The monoisotopic (exact) mass is 265 g/mol. The van der Waals surface area contributed by atoms with E-state index in [1.54, 1.807) is 12.1 Å². The van der Waals surface area contributed by atoms with Gasteiger partial charge in [-0.2, -0.15) is 0 Å². The topological polar surface area (TPSA) is 46.2 Å². The number of ketones is 1. The van der Waals surface area contributed by atoms with Crippen LogP contribution in [0.2, 0.25) is 5.02 Å². The molecule has 0 aliphatic rings. The van der Waals surface area contributed by atoms with E-state index >= 15 is 0 Å². The first kappa shape index (κ1) is 14.5. The average molecular weight is 266 g/mol. The van der Waals surface area contributed by atoms with Gasteiger partial charge in [-0.3, -0.25) is 9.59 Å². The van der Waals surface area contributed by atoms with Crippen molar-refractivity contribution in [2.24, 2.45) is 0 Å². The minimum absolute atomic E-state index is 0.0336. The van der Waals surface area contributed by atoms with E-state index in [9.17, 15) is 9.59 Å². The zero-order chi connectivity index (χ0) is 13.5. The molecule has 1 aromatic rings. The third kappa shape index (κ3) is 4.72. The fraction of sp³-hybridized carbons (Fsp3) is 0.286. The van der Waals surface area contributed by atoms with Crippen molar-refractivity contribution in [3.63, 3.8) is 0 Å². The number of halogens is 1. The van der Waals surface area contributed by atoms with E-state index in [4.69, 9.17) is 11.6 Å². The Morgan fingerprint density at radius 2 is 2.06 bits per heavy atom. The molecule has 1 amide bonds. The molecule has 0 aliphatic carbocycles. The van der Waals surface area contributed by atoms with Gasteiger partial charge in [-0.1, -0.05) is 29.8 Å². The van der Waals surface area contributed by atoms with Gasteiger partial charge in [-0.05, 0) is 31.0 Å². The molecular weight excluding hydrogens is 250 g/mol. The zero-order valence-corrected chi connectivity index (χ0v) is 11.3. The maximum Gasteiger partial charge on any atom is 0.216 e. The van der Waals surface area contributed by atoms with Crippen LogP contribution in [0, 0.1) is 0 Å². The minimum Gasteiger partial charge on any atom is -0.356 e. The summed E-state index contributed by atoms with van der Waals surface area (Å²) in [4.78, 5) is 22.0. The van der Waals surface area contributed by atoms with Crippen molar-refractivity contribution in [3.8, 4) is 0 Å². The summed E-state index contributed by atoms with van der Waals surface area (Å²) in [6.45, 7) is 3.59. The predicted molar refractivity (Wildman–Crippen MR) is 73.8 cm³/mol. The molecule has 96 valence electrons. The molecule has 0 saturated heterocycles. The van der Waals surface area contributed by atoms with E-state index in [0.717, 1.165) is 12.0 Å². The van der Waals surface area contributed by atoms with Gasteiger partial charge in [0, 0.05) is 19.0 Å². The first-order valence-electron chi connectivity index (χ1n) is 5.72. The van der Waals surface area contributed by atoms with Crippen molar-refractivity contribution in [3.05, 3.63) is 40.4 Å². The molecule has 1 aromatic carbocycles. The second kappa shape index (κ2) is 6.97. The maximum absolute atomic E-state index is 11.3. The lowest BCUT2D eigenvalue weighted by Gasteiger charge is -2.01. The largest absolute Gasteiger partial charge is 0.356 e. The Morgan fingerprint density at radius 1 is 1.33 bits per heavy atom. The molecular formula is C14H16ClNO2. The summed E-state index contributed by atoms with van der Waals surface area (Å²) in [5.74, 6) is -0.0812. The Labute approximate surface area is 112 Å². The number of amides is 1. The zero-order valence-electron chi connectivity index (χ0n) is 10.5. The maximum atomic E-state index is 11.3. The van der Waals surface area contributed by atoms with E-state index in [-0.39, 0.29) is 11.7 Å². The first-order chi connectivity index (χ1) is 8.50. The fourth-order valence-corrected chi connectivity index (χ4v) is 1.72. The molecule has 0 saturated carbocycles. The van der Waals surface area contributed by atoms with Crippen LogP contribution in [0.4, 0.5) is 0 Å². The molecule has 18 heavy (non-hydrogen) atoms. The number of hydrogen-bond acceptors (Lipinski definition) is 2. The smallest absolute Gasteiger partial charge is 0.216 e. The normalized spacial score (nSPS) is 10.6. The number of benzene rings is 1. The highest BCUT2D eigenvalue weighted by Crippen LogP contribution is 2.19. The molecule has 0 aromatic heterocycles. The Balaban J connectivity index is 2.62. The lowest BCUT2D eigenvalue weighted by atomic mass is 10.1. The molecule has 0 bridgehead atoms. The molecule has 0 radical (unpaired) electrons. The van der Waals surface area contributed by atoms with Crippen molar-refractivity contribution in [2.75, 3.05) is 6.54 Å². The second-order valence-corrected chi connectivity index (χ2v) is 4.38. The predicted octanol–water partition coefficient (Wildman–Crippen LogP) is 3.08. The standard InChI is InChI=1S/C14H16ClNO2/c1-10(17)13-9-12(6-7-14(13)15)5-3-4-8-16-11(2)18/h3,5-7,9H,4,8H2,1-2H3,(H,16,18). The third-order valence-corrected chi connectivity index (χ3v) is 2.69. The van der Waals surface area contributed by atoms with Gasteiger partial charge < -0.3 is 5.32 Å². The van der Waals surface area contributed by atoms with E-state index in [1.165, 1.54) is 13.8 Å². The molecule has 4 heteroatoms. The van der Waals surface area contributed by atoms with Crippen molar-refractivity contribution in [2.45, 2.75) is 20.3 Å². The highest BCUT2D eigenvalue weighted by atomic mass is 35.5. The van der Waals surface area contributed by atoms with Crippen molar-refractivity contribution in [1.29, 1.82) is 0 Å². The van der Waals surface area contributed by atoms with E-state index < -0.39 is 0 Å². The average Bonchev–Trinajstić information content (AvgIpc) is 2.30. The molecule has 0 aliphatic heterocycles. The highest BCUT2D eigenvalue weighted by molar-refractivity contribution is 6.33. The number of Topliss-reactive ketones (excluding diaryl/α,β-unsaturated/α-hetero) is 1. The van der Waals surface area contributed by atoms with Crippen LogP contribution in [0.1, 0.15) is 36.2 Å². The molecule has 0 spiro atoms. The van der Waals surface area contributed by atoms with E-state index in [0.29, 0.717) is 17.1 Å². The van der Waals surface area contributed by atoms with Gasteiger partial charge in [0.05, 0.1) is 5.02 Å². The summed E-state index contributed by atoms with van der Waals surface area (Å²) in [6, 6.07) is 5.33. The molecule has 3 nitrogen and oxygen atoms in total. The summed E-state index contributed by atoms with van der Waals surface area (Å²) in [6.07, 6.45) is 4.60. The number of hydrogen-bond donors (Lipinski definition) is 1. The van der Waals surface area contributed by atoms with Gasteiger partial charge in [0.1, 0.15) is 0 Å². The Hall–Kier alpha value is -1.61. The van der Waals surface area contributed by atoms with Crippen LogP contribution in [0.3, 0.4) is 0 Å². The Bertz CT molecular complexity index is 481. The van der Waals surface area contributed by atoms with Crippen LogP contribution >= 0.6 is 11.6 Å². The minimum atomic E-state index is -0.0477. The van der Waals surface area contributed by atoms with Gasteiger partial charge in [-0.25, -0.2) is 0 Å². The fourth-order valence-electron chi connectivity index (χ4n) is 1.47. The number of nitrogens with one attached hydrogen (secondary N) is 1. The summed E-state index contributed by atoms with van der Waals surface area (Å²) in [5.41, 5.74) is 1.45. The van der Waals surface area contributed by atoms with Gasteiger partial charge in [0.25, 0.3) is 0 Å². The third-order valence-electron chi connectivity index (χ3n) is 2.36. The lowest BCUT2D eigenvalue weighted by molar-refractivity contribution is -0.118. The van der Waals surface area contributed by atoms with Gasteiger partial charge >= 0.3 is 0 Å². The molecule has 0 fully saturated rings. The Morgan fingerprint density at radius 3 is 2.67 bits per heavy atom. The number of carbonyl (C=O) groups excluding carboxylic acids is 2. The quantitative estimate of drug-likeness (QED) is 0.657. The van der Waals surface area contributed by atoms with Gasteiger partial charge in [-0.15, -0.1) is 0 Å². The highest BCUT2D eigenvalue weighted by Gasteiger charge is 2.04. The second-order valence-electron chi connectivity index (χ2n) is 3.97. The molecule has 1 rings (SSSR count). The van der Waals surface area contributed by atoms with Crippen molar-refractivity contribution < 1.29 is 9.59 Å². The summed E-state index contributed by atoms with van der Waals surface area (Å²) >= 11 is 5.92. The summed E-state index contributed by atoms with van der Waals surface area (Å²) in [7, 11) is 0. The summed E-state index contributed by atoms with van der Waals surface area (Å²) < 4.78 is 0. The van der Waals surface area contributed by atoms with Crippen LogP contribution < -0.4 is 5.32 Å².